The second-order valence-electron chi connectivity index (χ2n) is 8.33. The number of anilines is 1. The van der Waals surface area contributed by atoms with Gasteiger partial charge in [-0.3, -0.25) is 14.4 Å². The molecule has 8 heteroatoms. The summed E-state index contributed by atoms with van der Waals surface area (Å²) in [6.45, 7) is 0. The third kappa shape index (κ3) is 3.03. The van der Waals surface area contributed by atoms with Crippen LogP contribution in [0.2, 0.25) is 0 Å². The highest BCUT2D eigenvalue weighted by Crippen LogP contribution is 2.45. The van der Waals surface area contributed by atoms with Crippen molar-refractivity contribution in [1.82, 2.24) is 5.32 Å². The number of nitrogens with one attached hydrogen (secondary N) is 2. The lowest BCUT2D eigenvalue weighted by Gasteiger charge is -2.23. The van der Waals surface area contributed by atoms with Gasteiger partial charge in [0.1, 0.15) is 5.00 Å². The second kappa shape index (κ2) is 6.84. The summed E-state index contributed by atoms with van der Waals surface area (Å²) in [6.07, 6.45) is 6.59. The van der Waals surface area contributed by atoms with Crippen molar-refractivity contribution in [2.75, 3.05) is 5.32 Å². The molecule has 150 valence electrons. The number of rotatable bonds is 5. The monoisotopic (exact) mass is 404 g/mol. The summed E-state index contributed by atoms with van der Waals surface area (Å²) in [6, 6.07) is 0.241. The van der Waals surface area contributed by atoms with E-state index >= 15 is 0 Å². The number of fused-ring (bicyclic) bond motifs is 3. The largest absolute Gasteiger partial charge is 0.481 e. The normalized spacial score (nSPS) is 30.7. The van der Waals surface area contributed by atoms with Gasteiger partial charge in [0.2, 0.25) is 5.91 Å². The van der Waals surface area contributed by atoms with Crippen molar-refractivity contribution in [3.63, 3.8) is 0 Å². The Morgan fingerprint density at radius 2 is 1.71 bits per heavy atom. The number of carboxylic acid groups (broad SMARTS) is 1. The first-order valence-electron chi connectivity index (χ1n) is 10.2. The summed E-state index contributed by atoms with van der Waals surface area (Å²) >= 11 is 1.47. The summed E-state index contributed by atoms with van der Waals surface area (Å²) in [5.41, 5.74) is 1.65. The topological polar surface area (TPSA) is 105 Å². The van der Waals surface area contributed by atoms with E-state index < -0.39 is 17.8 Å². The van der Waals surface area contributed by atoms with Crippen molar-refractivity contribution in [2.45, 2.75) is 69.6 Å². The summed E-state index contributed by atoms with van der Waals surface area (Å²) in [5.74, 6) is -2.94. The third-order valence-electron chi connectivity index (χ3n) is 6.41. The van der Waals surface area contributed by atoms with Crippen LogP contribution >= 0.6 is 11.3 Å². The van der Waals surface area contributed by atoms with Gasteiger partial charge in [-0.25, -0.2) is 0 Å². The Morgan fingerprint density at radius 3 is 2.43 bits per heavy atom. The molecule has 0 spiro atoms. The summed E-state index contributed by atoms with van der Waals surface area (Å²) in [5, 5.41) is 16.1. The van der Waals surface area contributed by atoms with Crippen molar-refractivity contribution < 1.29 is 24.2 Å². The molecule has 3 fully saturated rings. The smallest absolute Gasteiger partial charge is 0.310 e. The molecule has 4 atom stereocenters. The van der Waals surface area contributed by atoms with Gasteiger partial charge in [0.15, 0.2) is 0 Å². The van der Waals surface area contributed by atoms with E-state index in [4.69, 9.17) is 4.74 Å². The average Bonchev–Trinajstić information content (AvgIpc) is 3.10. The molecule has 0 radical (unpaired) electrons. The zero-order valence-corrected chi connectivity index (χ0v) is 16.3. The Kier molecular flexibility index (Phi) is 4.43. The van der Waals surface area contributed by atoms with E-state index in [0.717, 1.165) is 44.1 Å². The first kappa shape index (κ1) is 18.1. The molecule has 1 saturated carbocycles. The van der Waals surface area contributed by atoms with Crippen molar-refractivity contribution in [3.05, 3.63) is 16.0 Å². The predicted octanol–water partition coefficient (Wildman–Crippen LogP) is 2.34. The highest BCUT2D eigenvalue weighted by molar-refractivity contribution is 7.17. The van der Waals surface area contributed by atoms with E-state index in [1.165, 1.54) is 16.2 Å². The fraction of sp³-hybridized carbons (Fsp3) is 0.650. The number of carbonyl (C=O) groups is 3. The molecular weight excluding hydrogens is 380 g/mol. The van der Waals surface area contributed by atoms with Crippen LogP contribution in [0.25, 0.3) is 0 Å². The fourth-order valence-electron chi connectivity index (χ4n) is 4.90. The Balaban J connectivity index is 1.43. The molecule has 0 unspecified atom stereocenters. The number of thiophene rings is 1. The minimum absolute atomic E-state index is 0.115. The molecule has 7 nitrogen and oxygen atoms in total. The van der Waals surface area contributed by atoms with Gasteiger partial charge in [-0.2, -0.15) is 0 Å². The predicted molar refractivity (Wildman–Crippen MR) is 103 cm³/mol. The van der Waals surface area contributed by atoms with Crippen molar-refractivity contribution in [2.24, 2.45) is 11.8 Å². The Bertz CT molecular complexity index is 846. The van der Waals surface area contributed by atoms with Crippen LogP contribution in [0.5, 0.6) is 0 Å². The lowest BCUT2D eigenvalue weighted by molar-refractivity contribution is -0.147. The number of hydrogen-bond acceptors (Lipinski definition) is 5. The van der Waals surface area contributed by atoms with Crippen molar-refractivity contribution in [1.29, 1.82) is 0 Å². The minimum atomic E-state index is -0.982. The van der Waals surface area contributed by atoms with Crippen LogP contribution in [-0.2, 0) is 27.2 Å². The molecule has 2 saturated heterocycles. The number of aryl methyl sites for hydroxylation is 1. The first-order valence-corrected chi connectivity index (χ1v) is 11.0. The van der Waals surface area contributed by atoms with Gasteiger partial charge >= 0.3 is 5.97 Å². The third-order valence-corrected chi connectivity index (χ3v) is 7.62. The number of carboxylic acids is 1. The number of aliphatic carboxylic acids is 1. The second-order valence-corrected chi connectivity index (χ2v) is 9.44. The van der Waals surface area contributed by atoms with Crippen LogP contribution in [0.4, 0.5) is 5.00 Å². The summed E-state index contributed by atoms with van der Waals surface area (Å²) < 4.78 is 5.72. The maximum absolute atomic E-state index is 13.1. The maximum atomic E-state index is 13.1. The molecule has 3 N–H and O–H groups in total. The number of ether oxygens (including phenoxy) is 1. The molecule has 4 aliphatic rings. The van der Waals surface area contributed by atoms with Crippen molar-refractivity contribution in [3.8, 4) is 0 Å². The van der Waals surface area contributed by atoms with E-state index in [9.17, 15) is 19.5 Å². The summed E-state index contributed by atoms with van der Waals surface area (Å²) in [4.78, 5) is 38.8. The molecule has 2 aliphatic heterocycles. The van der Waals surface area contributed by atoms with Crippen LogP contribution in [0.1, 0.15) is 59.3 Å². The minimum Gasteiger partial charge on any atom is -0.481 e. The highest BCUT2D eigenvalue weighted by atomic mass is 32.1. The molecule has 1 aromatic rings. The van der Waals surface area contributed by atoms with Gasteiger partial charge in [-0.15, -0.1) is 11.3 Å². The SMILES string of the molecule is O=C(NC1CC1)c1c(NC(=O)[C@H]2[C@@H](C(=O)O)[C@@H]3CC[C@@H]2O3)sc2c1CCCC2. The van der Waals surface area contributed by atoms with Gasteiger partial charge in [0, 0.05) is 10.9 Å². The van der Waals surface area contributed by atoms with E-state index in [-0.39, 0.29) is 30.1 Å². The van der Waals surface area contributed by atoms with Gasteiger partial charge in [-0.1, -0.05) is 0 Å². The Morgan fingerprint density at radius 1 is 1.00 bits per heavy atom. The van der Waals surface area contributed by atoms with Crippen LogP contribution in [0, 0.1) is 11.8 Å². The highest BCUT2D eigenvalue weighted by Gasteiger charge is 2.55. The lowest BCUT2D eigenvalue weighted by atomic mass is 9.78. The molecule has 2 aliphatic carbocycles. The number of carbonyl (C=O) groups excluding carboxylic acids is 2. The van der Waals surface area contributed by atoms with E-state index in [1.54, 1.807) is 0 Å². The Labute approximate surface area is 166 Å². The standard InChI is InChI=1S/C20H24N2O5S/c23-17(21-9-5-6-9)14-10-3-1-2-4-13(10)28-19(14)22-18(24)15-11-7-8-12(27-11)16(15)20(25)26/h9,11-12,15-16H,1-8H2,(H,21,23)(H,22,24)(H,25,26)/t11-,12-,15+,16-/m0/s1. The van der Waals surface area contributed by atoms with E-state index in [0.29, 0.717) is 23.4 Å². The molecule has 28 heavy (non-hydrogen) atoms. The molecule has 3 heterocycles. The molecular formula is C20H24N2O5S. The first-order chi connectivity index (χ1) is 13.5. The maximum Gasteiger partial charge on any atom is 0.310 e. The van der Waals surface area contributed by atoms with Crippen molar-refractivity contribution >= 4 is 34.1 Å². The average molecular weight is 404 g/mol. The van der Waals surface area contributed by atoms with Gasteiger partial charge in [0.25, 0.3) is 5.91 Å². The molecule has 1 aromatic heterocycles. The summed E-state index contributed by atoms with van der Waals surface area (Å²) in [7, 11) is 0. The molecule has 2 bridgehead atoms. The van der Waals surface area contributed by atoms with Crippen LogP contribution in [-0.4, -0.2) is 41.1 Å². The number of amides is 2. The van der Waals surface area contributed by atoms with Crippen LogP contribution in [0.15, 0.2) is 0 Å². The van der Waals surface area contributed by atoms with Gasteiger partial charge in [-0.05, 0) is 56.9 Å². The zero-order chi connectivity index (χ0) is 19.4. The van der Waals surface area contributed by atoms with Gasteiger partial charge in [0.05, 0.1) is 29.6 Å². The van der Waals surface area contributed by atoms with Crippen LogP contribution in [0.3, 0.4) is 0 Å². The number of hydrogen-bond donors (Lipinski definition) is 3. The molecule has 5 rings (SSSR count). The zero-order valence-electron chi connectivity index (χ0n) is 15.5. The lowest BCUT2D eigenvalue weighted by Crippen LogP contribution is -2.41. The molecule has 2 amide bonds. The van der Waals surface area contributed by atoms with E-state index in [1.807, 2.05) is 0 Å². The Hall–Kier alpha value is -1.93. The van der Waals surface area contributed by atoms with E-state index in [2.05, 4.69) is 10.6 Å². The van der Waals surface area contributed by atoms with Crippen LogP contribution < -0.4 is 10.6 Å². The molecule has 0 aromatic carbocycles. The quantitative estimate of drug-likeness (QED) is 0.699. The van der Waals surface area contributed by atoms with Gasteiger partial charge < -0.3 is 20.5 Å². The fourth-order valence-corrected chi connectivity index (χ4v) is 6.19.